The fourth-order valence-electron chi connectivity index (χ4n) is 4.87. The number of rotatable bonds is 4. The van der Waals surface area contributed by atoms with Crippen LogP contribution in [0.1, 0.15) is 50.5 Å². The van der Waals surface area contributed by atoms with Crippen LogP contribution in [-0.4, -0.2) is 29.5 Å². The molecular formula is C19H21Cl2NO4. The first-order valence-corrected chi connectivity index (χ1v) is 9.62. The molecule has 1 aromatic rings. The third-order valence-corrected chi connectivity index (χ3v) is 7.38. The quantitative estimate of drug-likeness (QED) is 0.809. The SMILES string of the molecule is COC12CCC(C(=O)CC3(O)C(=O)Nc4c(Cl)ccc(Cl)c43)(CC1)CC2. The number of anilines is 1. The van der Waals surface area contributed by atoms with Crippen LogP contribution < -0.4 is 5.32 Å². The highest BCUT2D eigenvalue weighted by Crippen LogP contribution is 2.56. The summed E-state index contributed by atoms with van der Waals surface area (Å²) in [5.41, 5.74) is -2.06. The summed E-state index contributed by atoms with van der Waals surface area (Å²) >= 11 is 12.4. The maximum Gasteiger partial charge on any atom is 0.261 e. The molecule has 4 aliphatic rings. The van der Waals surface area contributed by atoms with Crippen molar-refractivity contribution in [3.8, 4) is 0 Å². The molecule has 3 fully saturated rings. The van der Waals surface area contributed by atoms with Gasteiger partial charge in [0.1, 0.15) is 5.78 Å². The topological polar surface area (TPSA) is 75.6 Å². The molecule has 26 heavy (non-hydrogen) atoms. The average molecular weight is 398 g/mol. The van der Waals surface area contributed by atoms with Crippen LogP contribution in [0.3, 0.4) is 0 Å². The highest BCUT2D eigenvalue weighted by atomic mass is 35.5. The molecule has 0 radical (unpaired) electrons. The number of fused-ring (bicyclic) bond motifs is 4. The van der Waals surface area contributed by atoms with E-state index in [9.17, 15) is 14.7 Å². The van der Waals surface area contributed by atoms with Crippen molar-refractivity contribution in [2.24, 2.45) is 5.41 Å². The zero-order chi connectivity index (χ0) is 18.7. The molecule has 3 saturated carbocycles. The summed E-state index contributed by atoms with van der Waals surface area (Å²) in [5, 5.41) is 14.2. The van der Waals surface area contributed by atoms with Crippen LogP contribution in [0.2, 0.25) is 10.0 Å². The van der Waals surface area contributed by atoms with Gasteiger partial charge in [0.05, 0.1) is 16.3 Å². The second-order valence-corrected chi connectivity index (χ2v) is 8.68. The fraction of sp³-hybridized carbons (Fsp3) is 0.579. The van der Waals surface area contributed by atoms with E-state index in [-0.39, 0.29) is 28.4 Å². The van der Waals surface area contributed by atoms with E-state index in [0.29, 0.717) is 10.7 Å². The van der Waals surface area contributed by atoms with Gasteiger partial charge in [0.25, 0.3) is 5.91 Å². The van der Waals surface area contributed by atoms with Crippen molar-refractivity contribution < 1.29 is 19.4 Å². The Morgan fingerprint density at radius 2 is 1.73 bits per heavy atom. The van der Waals surface area contributed by atoms with Crippen molar-refractivity contribution in [2.45, 2.75) is 56.1 Å². The molecule has 1 aliphatic heterocycles. The van der Waals surface area contributed by atoms with Crippen LogP contribution in [0.25, 0.3) is 0 Å². The van der Waals surface area contributed by atoms with Gasteiger partial charge in [-0.2, -0.15) is 0 Å². The first-order valence-electron chi connectivity index (χ1n) is 8.86. The number of Topliss-reactive ketones (excluding diaryl/α,β-unsaturated/α-hetero) is 1. The first kappa shape index (κ1) is 18.2. The van der Waals surface area contributed by atoms with E-state index in [1.54, 1.807) is 13.2 Å². The van der Waals surface area contributed by atoms with Gasteiger partial charge in [0.2, 0.25) is 0 Å². The number of methoxy groups -OCH3 is 1. The largest absolute Gasteiger partial charge is 0.378 e. The summed E-state index contributed by atoms with van der Waals surface area (Å²) in [6, 6.07) is 3.09. The van der Waals surface area contributed by atoms with Gasteiger partial charge in [0, 0.05) is 29.5 Å². The van der Waals surface area contributed by atoms with Crippen LogP contribution >= 0.6 is 23.2 Å². The minimum Gasteiger partial charge on any atom is -0.378 e. The first-order chi connectivity index (χ1) is 12.3. The molecule has 7 heteroatoms. The highest BCUT2D eigenvalue weighted by molar-refractivity contribution is 6.38. The van der Waals surface area contributed by atoms with Gasteiger partial charge in [-0.25, -0.2) is 0 Å². The predicted molar refractivity (Wildman–Crippen MR) is 98.5 cm³/mol. The second-order valence-electron chi connectivity index (χ2n) is 7.86. The molecule has 1 aromatic carbocycles. The molecule has 2 N–H and O–H groups in total. The lowest BCUT2D eigenvalue weighted by Gasteiger charge is -2.52. The van der Waals surface area contributed by atoms with Gasteiger partial charge < -0.3 is 15.2 Å². The van der Waals surface area contributed by atoms with Crippen molar-refractivity contribution in [1.29, 1.82) is 0 Å². The number of aliphatic hydroxyl groups is 1. The lowest BCUT2D eigenvalue weighted by molar-refractivity contribution is -0.158. The summed E-state index contributed by atoms with van der Waals surface area (Å²) in [5.74, 6) is -0.728. The average Bonchev–Trinajstić information content (AvgIpc) is 2.92. The number of ketones is 1. The summed E-state index contributed by atoms with van der Waals surface area (Å²) in [4.78, 5) is 25.7. The van der Waals surface area contributed by atoms with Gasteiger partial charge in [-0.05, 0) is 50.7 Å². The zero-order valence-corrected chi connectivity index (χ0v) is 16.0. The normalized spacial score (nSPS) is 35.3. The van der Waals surface area contributed by atoms with Gasteiger partial charge in [-0.3, -0.25) is 9.59 Å². The van der Waals surface area contributed by atoms with Gasteiger partial charge >= 0.3 is 0 Å². The summed E-state index contributed by atoms with van der Waals surface area (Å²) in [6.07, 6.45) is 4.41. The monoisotopic (exact) mass is 397 g/mol. The Hall–Kier alpha value is -1.14. The molecule has 0 saturated heterocycles. The Morgan fingerprint density at radius 3 is 2.31 bits per heavy atom. The van der Waals surface area contributed by atoms with E-state index in [4.69, 9.17) is 27.9 Å². The van der Waals surface area contributed by atoms with E-state index in [0.717, 1.165) is 38.5 Å². The van der Waals surface area contributed by atoms with Crippen LogP contribution in [-0.2, 0) is 19.9 Å². The van der Waals surface area contributed by atoms with Gasteiger partial charge in [-0.15, -0.1) is 0 Å². The number of halogens is 2. The minimum absolute atomic E-state index is 0.0801. The number of carbonyl (C=O) groups excluding carboxylic acids is 2. The van der Waals surface area contributed by atoms with E-state index in [1.807, 2.05) is 0 Å². The molecule has 5 rings (SSSR count). The van der Waals surface area contributed by atoms with Crippen LogP contribution in [0, 0.1) is 5.41 Å². The molecule has 1 atom stereocenters. The standard InChI is InChI=1S/C19H21Cl2NO4/c1-26-18-7-4-17(5-8-18,6-9-18)13(23)10-19(25)14-11(20)2-3-12(21)15(14)22-16(19)24/h2-3,25H,4-10H2,1H3,(H,22,24). The number of ether oxygens (including phenoxy) is 1. The molecule has 1 unspecified atom stereocenters. The van der Waals surface area contributed by atoms with Crippen molar-refractivity contribution in [3.63, 3.8) is 0 Å². The fourth-order valence-corrected chi connectivity index (χ4v) is 5.39. The zero-order valence-electron chi connectivity index (χ0n) is 14.5. The maximum absolute atomic E-state index is 13.2. The van der Waals surface area contributed by atoms with E-state index in [1.165, 1.54) is 6.07 Å². The second kappa shape index (κ2) is 5.93. The summed E-state index contributed by atoms with van der Waals surface area (Å²) in [6.45, 7) is 0. The summed E-state index contributed by atoms with van der Waals surface area (Å²) in [7, 11) is 1.73. The van der Waals surface area contributed by atoms with Crippen molar-refractivity contribution in [3.05, 3.63) is 27.7 Å². The van der Waals surface area contributed by atoms with Crippen LogP contribution in [0.4, 0.5) is 5.69 Å². The number of benzene rings is 1. The Kier molecular flexibility index (Phi) is 4.16. The molecule has 5 nitrogen and oxygen atoms in total. The Morgan fingerprint density at radius 1 is 1.15 bits per heavy atom. The van der Waals surface area contributed by atoms with Crippen molar-refractivity contribution in [2.75, 3.05) is 12.4 Å². The predicted octanol–water partition coefficient (Wildman–Crippen LogP) is 3.83. The number of hydrogen-bond acceptors (Lipinski definition) is 4. The lowest BCUT2D eigenvalue weighted by atomic mass is 9.56. The smallest absolute Gasteiger partial charge is 0.261 e. The van der Waals surface area contributed by atoms with Crippen LogP contribution in [0.15, 0.2) is 12.1 Å². The molecule has 2 bridgehead atoms. The number of amides is 1. The number of hydrogen-bond donors (Lipinski definition) is 2. The Balaban J connectivity index is 1.63. The van der Waals surface area contributed by atoms with Crippen molar-refractivity contribution >= 4 is 40.6 Å². The van der Waals surface area contributed by atoms with Crippen molar-refractivity contribution in [1.82, 2.24) is 0 Å². The minimum atomic E-state index is -1.98. The van der Waals surface area contributed by atoms with Gasteiger partial charge in [-0.1, -0.05) is 23.2 Å². The molecule has 1 amide bonds. The van der Waals surface area contributed by atoms with Crippen LogP contribution in [0.5, 0.6) is 0 Å². The molecule has 0 aromatic heterocycles. The molecular weight excluding hydrogens is 377 g/mol. The van der Waals surface area contributed by atoms with E-state index in [2.05, 4.69) is 5.32 Å². The third kappa shape index (κ3) is 2.44. The molecule has 1 heterocycles. The van der Waals surface area contributed by atoms with E-state index >= 15 is 0 Å². The Bertz CT molecular complexity index is 784. The summed E-state index contributed by atoms with van der Waals surface area (Å²) < 4.78 is 5.68. The Labute approximate surface area is 162 Å². The lowest BCUT2D eigenvalue weighted by Crippen LogP contribution is -2.52. The van der Waals surface area contributed by atoms with E-state index < -0.39 is 16.9 Å². The molecule has 140 valence electrons. The maximum atomic E-state index is 13.2. The van der Waals surface area contributed by atoms with Gasteiger partial charge in [0.15, 0.2) is 5.60 Å². The molecule has 0 spiro atoms. The molecule has 3 aliphatic carbocycles. The number of nitrogens with one attached hydrogen (secondary N) is 1. The highest BCUT2D eigenvalue weighted by Gasteiger charge is 2.56. The number of carbonyl (C=O) groups is 2. The third-order valence-electron chi connectivity index (χ3n) is 6.75.